The molecule has 3 aromatic rings. The van der Waals surface area contributed by atoms with Gasteiger partial charge in [0.1, 0.15) is 5.82 Å². The highest BCUT2D eigenvalue weighted by molar-refractivity contribution is 7.18. The molecule has 0 saturated carbocycles. The fourth-order valence-corrected chi connectivity index (χ4v) is 3.44. The van der Waals surface area contributed by atoms with Crippen LogP contribution in [0, 0.1) is 5.82 Å². The fraction of sp³-hybridized carbons (Fsp3) is 0.133. The van der Waals surface area contributed by atoms with Gasteiger partial charge in [0, 0.05) is 17.5 Å². The maximum Gasteiger partial charge on any atom is 0.124 e. The molecule has 2 aromatic carbocycles. The number of para-hydroxylation sites is 1. The van der Waals surface area contributed by atoms with Crippen LogP contribution < -0.4 is 5.73 Å². The summed E-state index contributed by atoms with van der Waals surface area (Å²) in [6.45, 7) is 0. The summed E-state index contributed by atoms with van der Waals surface area (Å²) < 4.78 is 14.2. The molecule has 1 aromatic heterocycles. The van der Waals surface area contributed by atoms with Crippen molar-refractivity contribution >= 4 is 33.2 Å². The van der Waals surface area contributed by atoms with Gasteiger partial charge >= 0.3 is 0 Å². The van der Waals surface area contributed by atoms with Gasteiger partial charge in [-0.05, 0) is 29.8 Å². The lowest BCUT2D eigenvalue weighted by atomic mass is 10.1. The number of thiazole rings is 1. The van der Waals surface area contributed by atoms with Crippen LogP contribution in [0.2, 0.25) is 5.02 Å². The normalized spacial score (nSPS) is 12.8. The molecule has 0 aliphatic rings. The zero-order chi connectivity index (χ0) is 14.1. The highest BCUT2D eigenvalue weighted by atomic mass is 35.5. The van der Waals surface area contributed by atoms with E-state index in [1.165, 1.54) is 12.1 Å². The Bertz CT molecular complexity index is 723. The predicted octanol–water partition coefficient (Wildman–Crippen LogP) is 4.33. The van der Waals surface area contributed by atoms with E-state index in [9.17, 15) is 4.39 Å². The van der Waals surface area contributed by atoms with Crippen LogP contribution in [0.3, 0.4) is 0 Å². The van der Waals surface area contributed by atoms with Gasteiger partial charge in [-0.2, -0.15) is 0 Å². The van der Waals surface area contributed by atoms with E-state index in [4.69, 9.17) is 17.3 Å². The number of halogens is 2. The molecule has 0 amide bonds. The van der Waals surface area contributed by atoms with Crippen molar-refractivity contribution in [1.29, 1.82) is 0 Å². The van der Waals surface area contributed by atoms with Gasteiger partial charge in [-0.3, -0.25) is 0 Å². The highest BCUT2D eigenvalue weighted by Gasteiger charge is 2.14. The molecular formula is C15H12ClFN2S. The molecular weight excluding hydrogens is 295 g/mol. The number of aromatic nitrogens is 1. The van der Waals surface area contributed by atoms with Crippen LogP contribution in [0.5, 0.6) is 0 Å². The van der Waals surface area contributed by atoms with Gasteiger partial charge < -0.3 is 5.73 Å². The number of rotatable bonds is 3. The maximum atomic E-state index is 13.0. The number of nitrogens with zero attached hydrogens (tertiary/aromatic N) is 1. The van der Waals surface area contributed by atoms with Crippen molar-refractivity contribution in [2.24, 2.45) is 5.73 Å². The van der Waals surface area contributed by atoms with Crippen LogP contribution in [0.15, 0.2) is 42.5 Å². The Morgan fingerprint density at radius 3 is 2.80 bits per heavy atom. The number of fused-ring (bicyclic) bond motifs is 1. The van der Waals surface area contributed by atoms with Crippen LogP contribution in [0.4, 0.5) is 4.39 Å². The van der Waals surface area contributed by atoms with E-state index in [1.54, 1.807) is 17.4 Å². The van der Waals surface area contributed by atoms with Crippen LogP contribution >= 0.6 is 22.9 Å². The summed E-state index contributed by atoms with van der Waals surface area (Å²) in [5.41, 5.74) is 7.88. The van der Waals surface area contributed by atoms with Crippen molar-refractivity contribution in [2.75, 3.05) is 0 Å². The molecule has 1 atom stereocenters. The van der Waals surface area contributed by atoms with Gasteiger partial charge in [-0.15, -0.1) is 11.3 Å². The lowest BCUT2D eigenvalue weighted by molar-refractivity contribution is 0.624. The predicted molar refractivity (Wildman–Crippen MR) is 81.7 cm³/mol. The lowest BCUT2D eigenvalue weighted by Crippen LogP contribution is -2.13. The summed E-state index contributed by atoms with van der Waals surface area (Å²) in [4.78, 5) is 4.55. The minimum atomic E-state index is -0.356. The fourth-order valence-electron chi connectivity index (χ4n) is 2.11. The second-order valence-electron chi connectivity index (χ2n) is 4.55. The van der Waals surface area contributed by atoms with Gasteiger partial charge in [0.05, 0.1) is 15.2 Å². The molecule has 1 unspecified atom stereocenters. The highest BCUT2D eigenvalue weighted by Crippen LogP contribution is 2.28. The van der Waals surface area contributed by atoms with E-state index in [0.29, 0.717) is 11.4 Å². The SMILES string of the molecule is NC(Cc1nc2ccccc2s1)c1ccc(F)cc1Cl. The minimum absolute atomic E-state index is 0.288. The first-order chi connectivity index (χ1) is 9.63. The first-order valence-electron chi connectivity index (χ1n) is 6.18. The summed E-state index contributed by atoms with van der Waals surface area (Å²) in [6, 6.07) is 12.0. The van der Waals surface area contributed by atoms with Gasteiger partial charge in [0.15, 0.2) is 0 Å². The summed E-state index contributed by atoms with van der Waals surface area (Å²) in [5, 5.41) is 1.32. The molecule has 5 heteroatoms. The van der Waals surface area contributed by atoms with Crippen molar-refractivity contribution in [3.05, 3.63) is 63.9 Å². The number of benzene rings is 2. The molecule has 0 aliphatic heterocycles. The Labute approximate surface area is 125 Å². The van der Waals surface area contributed by atoms with E-state index in [0.717, 1.165) is 20.8 Å². The smallest absolute Gasteiger partial charge is 0.124 e. The quantitative estimate of drug-likeness (QED) is 0.782. The van der Waals surface area contributed by atoms with E-state index in [1.807, 2.05) is 24.3 Å². The Hall–Kier alpha value is -1.49. The first kappa shape index (κ1) is 13.5. The number of nitrogens with two attached hydrogens (primary N) is 1. The zero-order valence-corrected chi connectivity index (χ0v) is 12.1. The van der Waals surface area contributed by atoms with Crippen molar-refractivity contribution in [3.8, 4) is 0 Å². The number of hydrogen-bond donors (Lipinski definition) is 1. The van der Waals surface area contributed by atoms with E-state index >= 15 is 0 Å². The molecule has 0 spiro atoms. The molecule has 0 fully saturated rings. The lowest BCUT2D eigenvalue weighted by Gasteiger charge is -2.12. The van der Waals surface area contributed by atoms with Gasteiger partial charge in [-0.25, -0.2) is 9.37 Å². The second-order valence-corrected chi connectivity index (χ2v) is 6.07. The molecule has 0 saturated heterocycles. The molecule has 0 radical (unpaired) electrons. The van der Waals surface area contributed by atoms with E-state index in [2.05, 4.69) is 4.98 Å². The largest absolute Gasteiger partial charge is 0.324 e. The monoisotopic (exact) mass is 306 g/mol. The van der Waals surface area contributed by atoms with Crippen LogP contribution in [0.1, 0.15) is 16.6 Å². The summed E-state index contributed by atoms with van der Waals surface area (Å²) in [5.74, 6) is -0.356. The van der Waals surface area contributed by atoms with Crippen LogP contribution in [0.25, 0.3) is 10.2 Å². The molecule has 2 nitrogen and oxygen atoms in total. The van der Waals surface area contributed by atoms with E-state index in [-0.39, 0.29) is 11.9 Å². The summed E-state index contributed by atoms with van der Waals surface area (Å²) in [6.07, 6.45) is 0.588. The molecule has 1 heterocycles. The third-order valence-corrected chi connectivity index (χ3v) is 4.48. The Kier molecular flexibility index (Phi) is 3.70. The van der Waals surface area contributed by atoms with Crippen LogP contribution in [-0.4, -0.2) is 4.98 Å². The Balaban J connectivity index is 1.86. The standard InChI is InChI=1S/C15H12ClFN2S/c16-11-7-9(17)5-6-10(11)12(18)8-15-19-13-3-1-2-4-14(13)20-15/h1-7,12H,8,18H2. The topological polar surface area (TPSA) is 38.9 Å². The van der Waals surface area contributed by atoms with E-state index < -0.39 is 0 Å². The van der Waals surface area contributed by atoms with Crippen LogP contribution in [-0.2, 0) is 6.42 Å². The summed E-state index contributed by atoms with van der Waals surface area (Å²) in [7, 11) is 0. The Morgan fingerprint density at radius 1 is 1.25 bits per heavy atom. The zero-order valence-electron chi connectivity index (χ0n) is 10.5. The van der Waals surface area contributed by atoms with Crippen molar-refractivity contribution in [1.82, 2.24) is 4.98 Å². The van der Waals surface area contributed by atoms with Gasteiger partial charge in [0.25, 0.3) is 0 Å². The molecule has 2 N–H and O–H groups in total. The molecule has 3 rings (SSSR count). The van der Waals surface area contributed by atoms with Gasteiger partial charge in [0.2, 0.25) is 0 Å². The van der Waals surface area contributed by atoms with Crippen molar-refractivity contribution in [3.63, 3.8) is 0 Å². The number of hydrogen-bond acceptors (Lipinski definition) is 3. The first-order valence-corrected chi connectivity index (χ1v) is 7.38. The van der Waals surface area contributed by atoms with Gasteiger partial charge in [-0.1, -0.05) is 29.8 Å². The average Bonchev–Trinajstić information content (AvgIpc) is 2.80. The molecule has 0 bridgehead atoms. The molecule has 102 valence electrons. The minimum Gasteiger partial charge on any atom is -0.324 e. The third kappa shape index (κ3) is 2.68. The second kappa shape index (κ2) is 5.48. The summed E-state index contributed by atoms with van der Waals surface area (Å²) >= 11 is 7.65. The van der Waals surface area contributed by atoms with Crippen molar-refractivity contribution in [2.45, 2.75) is 12.5 Å². The molecule has 0 aliphatic carbocycles. The molecule has 20 heavy (non-hydrogen) atoms. The maximum absolute atomic E-state index is 13.0. The average molecular weight is 307 g/mol. The third-order valence-electron chi connectivity index (χ3n) is 3.09. The Morgan fingerprint density at radius 2 is 2.05 bits per heavy atom. The van der Waals surface area contributed by atoms with Crippen molar-refractivity contribution < 1.29 is 4.39 Å².